The van der Waals surface area contributed by atoms with E-state index in [0.29, 0.717) is 21.8 Å². The van der Waals surface area contributed by atoms with E-state index in [1.165, 1.54) is 6.07 Å². The van der Waals surface area contributed by atoms with Crippen molar-refractivity contribution in [2.45, 2.75) is 20.8 Å². The van der Waals surface area contributed by atoms with E-state index in [1.807, 2.05) is 32.9 Å². The summed E-state index contributed by atoms with van der Waals surface area (Å²) in [7, 11) is 0. The number of nitrogens with one attached hydrogen (secondary N) is 1. The molecule has 4 heteroatoms. The zero-order chi connectivity index (χ0) is 15.6. The standard InChI is InChI=1S/C15H11NO3.C2H6/c1-8-4-2-5-9-12(8)16-13-10(14(9)17)6-3-7-11(13)15(18)19;1-2/h2-7H,1H3,(H,16,17)(H,18,19);1-2H3. The summed E-state index contributed by atoms with van der Waals surface area (Å²) in [5, 5.41) is 10.2. The summed E-state index contributed by atoms with van der Waals surface area (Å²) >= 11 is 0. The lowest BCUT2D eigenvalue weighted by atomic mass is 10.0. The summed E-state index contributed by atoms with van der Waals surface area (Å²) in [4.78, 5) is 26.7. The summed E-state index contributed by atoms with van der Waals surface area (Å²) in [5.41, 5.74) is 1.95. The zero-order valence-corrected chi connectivity index (χ0v) is 12.2. The van der Waals surface area contributed by atoms with Gasteiger partial charge in [0.2, 0.25) is 0 Å². The topological polar surface area (TPSA) is 70.2 Å². The normalized spacial score (nSPS) is 10.2. The number of aromatic nitrogens is 1. The van der Waals surface area contributed by atoms with Crippen LogP contribution >= 0.6 is 0 Å². The van der Waals surface area contributed by atoms with Crippen LogP contribution in [-0.2, 0) is 0 Å². The van der Waals surface area contributed by atoms with Gasteiger partial charge in [-0.05, 0) is 30.7 Å². The fourth-order valence-electron chi connectivity index (χ4n) is 2.35. The maximum Gasteiger partial charge on any atom is 0.337 e. The molecule has 1 heterocycles. The van der Waals surface area contributed by atoms with E-state index in [9.17, 15) is 14.7 Å². The molecule has 3 aromatic rings. The van der Waals surface area contributed by atoms with Gasteiger partial charge in [-0.25, -0.2) is 4.79 Å². The number of fused-ring (bicyclic) bond motifs is 2. The Morgan fingerprint density at radius 1 is 1.00 bits per heavy atom. The Labute approximate surface area is 122 Å². The molecular weight excluding hydrogens is 266 g/mol. The highest BCUT2D eigenvalue weighted by Gasteiger charge is 2.13. The van der Waals surface area contributed by atoms with Crippen LogP contribution in [0.4, 0.5) is 0 Å². The van der Waals surface area contributed by atoms with Crippen LogP contribution in [0.2, 0.25) is 0 Å². The Morgan fingerprint density at radius 3 is 2.19 bits per heavy atom. The van der Waals surface area contributed by atoms with Crippen molar-refractivity contribution in [3.8, 4) is 0 Å². The van der Waals surface area contributed by atoms with E-state index < -0.39 is 5.97 Å². The van der Waals surface area contributed by atoms with E-state index in [1.54, 1.807) is 18.2 Å². The molecule has 21 heavy (non-hydrogen) atoms. The van der Waals surface area contributed by atoms with Crippen LogP contribution in [0.3, 0.4) is 0 Å². The first-order valence-electron chi connectivity index (χ1n) is 6.87. The summed E-state index contributed by atoms with van der Waals surface area (Å²) in [6, 6.07) is 10.2. The first-order chi connectivity index (χ1) is 10.1. The maximum atomic E-state index is 12.4. The van der Waals surface area contributed by atoms with Gasteiger partial charge in [0.1, 0.15) is 0 Å². The molecule has 0 atom stereocenters. The molecule has 0 fully saturated rings. The number of aromatic carboxylic acids is 1. The predicted molar refractivity (Wildman–Crippen MR) is 85.1 cm³/mol. The molecule has 0 aliphatic carbocycles. The second-order valence-corrected chi connectivity index (χ2v) is 4.48. The second-order valence-electron chi connectivity index (χ2n) is 4.48. The van der Waals surface area contributed by atoms with E-state index in [2.05, 4.69) is 4.98 Å². The Hall–Kier alpha value is -2.62. The van der Waals surface area contributed by atoms with Crippen molar-refractivity contribution in [1.82, 2.24) is 4.98 Å². The minimum Gasteiger partial charge on any atom is -0.478 e. The minimum atomic E-state index is -1.05. The van der Waals surface area contributed by atoms with Gasteiger partial charge in [-0.1, -0.05) is 32.0 Å². The van der Waals surface area contributed by atoms with E-state index in [0.717, 1.165) is 5.56 Å². The lowest BCUT2D eigenvalue weighted by Crippen LogP contribution is -2.08. The second kappa shape index (κ2) is 5.79. The Balaban J connectivity index is 0.000000774. The fraction of sp³-hybridized carbons (Fsp3) is 0.176. The van der Waals surface area contributed by atoms with E-state index >= 15 is 0 Å². The average Bonchev–Trinajstić information content (AvgIpc) is 2.50. The lowest BCUT2D eigenvalue weighted by molar-refractivity contribution is 0.0699. The quantitative estimate of drug-likeness (QED) is 0.669. The first-order valence-corrected chi connectivity index (χ1v) is 6.87. The van der Waals surface area contributed by atoms with Gasteiger partial charge in [-0.15, -0.1) is 0 Å². The van der Waals surface area contributed by atoms with Gasteiger partial charge in [-0.2, -0.15) is 0 Å². The number of carboxylic acids is 1. The third kappa shape index (κ3) is 2.40. The van der Waals surface area contributed by atoms with Crippen molar-refractivity contribution in [1.29, 1.82) is 0 Å². The first kappa shape index (κ1) is 14.8. The molecule has 0 aliphatic heterocycles. The molecule has 2 N–H and O–H groups in total. The molecule has 108 valence electrons. The number of hydrogen-bond acceptors (Lipinski definition) is 2. The molecule has 0 saturated carbocycles. The van der Waals surface area contributed by atoms with Crippen molar-refractivity contribution >= 4 is 27.8 Å². The molecule has 0 unspecified atom stereocenters. The number of carboxylic acid groups (broad SMARTS) is 1. The monoisotopic (exact) mass is 283 g/mol. The van der Waals surface area contributed by atoms with Crippen LogP contribution < -0.4 is 5.43 Å². The number of para-hydroxylation sites is 2. The molecule has 0 aliphatic rings. The van der Waals surface area contributed by atoms with Crippen LogP contribution in [0.5, 0.6) is 0 Å². The molecular formula is C17H17NO3. The molecule has 3 rings (SSSR count). The number of rotatable bonds is 1. The van der Waals surface area contributed by atoms with Crippen LogP contribution in [0.15, 0.2) is 41.2 Å². The summed E-state index contributed by atoms with van der Waals surface area (Å²) in [6.45, 7) is 5.88. The molecule has 0 spiro atoms. The van der Waals surface area contributed by atoms with E-state index in [-0.39, 0.29) is 11.0 Å². The number of benzene rings is 2. The Bertz CT molecular complexity index is 878. The molecule has 4 nitrogen and oxygen atoms in total. The fourth-order valence-corrected chi connectivity index (χ4v) is 2.35. The third-order valence-electron chi connectivity index (χ3n) is 3.31. The van der Waals surface area contributed by atoms with Gasteiger partial charge in [0.15, 0.2) is 5.43 Å². The molecule has 1 aromatic heterocycles. The van der Waals surface area contributed by atoms with Gasteiger partial charge in [0.25, 0.3) is 0 Å². The zero-order valence-electron chi connectivity index (χ0n) is 12.2. The van der Waals surface area contributed by atoms with Crippen molar-refractivity contribution < 1.29 is 9.90 Å². The number of carbonyl (C=O) groups is 1. The van der Waals surface area contributed by atoms with Gasteiger partial charge >= 0.3 is 5.97 Å². The number of H-pyrrole nitrogens is 1. The largest absolute Gasteiger partial charge is 0.478 e. The average molecular weight is 283 g/mol. The van der Waals surface area contributed by atoms with Gasteiger partial charge in [0, 0.05) is 10.8 Å². The van der Waals surface area contributed by atoms with Gasteiger partial charge < -0.3 is 10.1 Å². The van der Waals surface area contributed by atoms with Gasteiger partial charge in [0.05, 0.1) is 16.6 Å². The molecule has 0 radical (unpaired) electrons. The van der Waals surface area contributed by atoms with Crippen molar-refractivity contribution in [3.63, 3.8) is 0 Å². The SMILES string of the molecule is CC.Cc1cccc2c(=O)c3cccc(C(=O)O)c3[nH]c12. The van der Waals surface area contributed by atoms with Crippen LogP contribution in [0.1, 0.15) is 29.8 Å². The molecule has 0 bridgehead atoms. The summed E-state index contributed by atoms with van der Waals surface area (Å²) < 4.78 is 0. The van der Waals surface area contributed by atoms with Crippen LogP contribution in [0.25, 0.3) is 21.8 Å². The predicted octanol–water partition coefficient (Wildman–Crippen LogP) is 3.71. The smallest absolute Gasteiger partial charge is 0.337 e. The van der Waals surface area contributed by atoms with Crippen molar-refractivity contribution in [2.75, 3.05) is 0 Å². The summed E-state index contributed by atoms with van der Waals surface area (Å²) in [5.74, 6) is -1.05. The molecule has 0 saturated heterocycles. The van der Waals surface area contributed by atoms with Crippen LogP contribution in [-0.4, -0.2) is 16.1 Å². The maximum absolute atomic E-state index is 12.4. The molecule has 0 amide bonds. The highest BCUT2D eigenvalue weighted by atomic mass is 16.4. The van der Waals surface area contributed by atoms with Gasteiger partial charge in [-0.3, -0.25) is 4.79 Å². The highest BCUT2D eigenvalue weighted by molar-refractivity contribution is 6.05. The number of hydrogen-bond donors (Lipinski definition) is 2. The number of aromatic amines is 1. The molecule has 2 aromatic carbocycles. The van der Waals surface area contributed by atoms with E-state index in [4.69, 9.17) is 0 Å². The number of pyridine rings is 1. The van der Waals surface area contributed by atoms with Crippen molar-refractivity contribution in [2.24, 2.45) is 0 Å². The summed E-state index contributed by atoms with van der Waals surface area (Å²) in [6.07, 6.45) is 0. The Kier molecular flexibility index (Phi) is 4.08. The minimum absolute atomic E-state index is 0.111. The third-order valence-corrected chi connectivity index (χ3v) is 3.31. The van der Waals surface area contributed by atoms with Crippen LogP contribution in [0, 0.1) is 6.92 Å². The Morgan fingerprint density at radius 2 is 1.57 bits per heavy atom. The lowest BCUT2D eigenvalue weighted by Gasteiger charge is -2.07. The van der Waals surface area contributed by atoms with Crippen molar-refractivity contribution in [3.05, 3.63) is 57.7 Å². The number of aryl methyl sites for hydroxylation is 1. The highest BCUT2D eigenvalue weighted by Crippen LogP contribution is 2.20.